The fraction of sp³-hybridized carbons (Fsp3) is 0.552. The Morgan fingerprint density at radius 2 is 1.91 bits per heavy atom. The molecule has 2 aromatic rings. The molecular formula is C29H36ClF2N5O6. The van der Waals surface area contributed by atoms with Crippen molar-refractivity contribution >= 4 is 40.8 Å². The maximum Gasteiger partial charge on any atom is 0.410 e. The standard InChI is InChI=1S/C29H36ClF2N5O6/c1-28(2,3)43-27(39)36-15-12-29(31,32)23(18-36)42-16-11-19-9-13-35(14-10-19)22-17-20(37(40)41)7-8-21(22)26(38)34-25-6-4-5-24(30)33-25/h4-8,17,19,23H,9-16,18H2,1-3H3,(H,33,34,38). The molecule has 2 amide bonds. The third-order valence-corrected chi connectivity index (χ3v) is 7.63. The number of hydrogen-bond acceptors (Lipinski definition) is 8. The summed E-state index contributed by atoms with van der Waals surface area (Å²) in [7, 11) is 0. The van der Waals surface area contributed by atoms with Gasteiger partial charge in [-0.15, -0.1) is 0 Å². The summed E-state index contributed by atoms with van der Waals surface area (Å²) >= 11 is 5.92. The summed E-state index contributed by atoms with van der Waals surface area (Å²) in [6.07, 6.45) is -0.671. The molecule has 43 heavy (non-hydrogen) atoms. The van der Waals surface area contributed by atoms with Crippen LogP contribution in [0.5, 0.6) is 0 Å². The first kappa shape index (κ1) is 32.3. The second-order valence-corrected chi connectivity index (χ2v) is 12.2. The largest absolute Gasteiger partial charge is 0.444 e. The number of ether oxygens (including phenoxy) is 2. The zero-order valence-electron chi connectivity index (χ0n) is 24.4. The summed E-state index contributed by atoms with van der Waals surface area (Å²) in [5, 5.41) is 14.4. The molecule has 1 N–H and O–H groups in total. The minimum Gasteiger partial charge on any atom is -0.444 e. The third kappa shape index (κ3) is 8.73. The van der Waals surface area contributed by atoms with E-state index in [1.807, 2.05) is 4.90 Å². The number of piperidine rings is 2. The van der Waals surface area contributed by atoms with Gasteiger partial charge in [0.2, 0.25) is 0 Å². The summed E-state index contributed by atoms with van der Waals surface area (Å²) in [5.41, 5.74) is -0.196. The fourth-order valence-electron chi connectivity index (χ4n) is 5.13. The lowest BCUT2D eigenvalue weighted by atomic mass is 9.93. The fourth-order valence-corrected chi connectivity index (χ4v) is 5.29. The van der Waals surface area contributed by atoms with Crippen LogP contribution in [0.3, 0.4) is 0 Å². The molecule has 3 heterocycles. The minimum atomic E-state index is -3.05. The number of non-ortho nitro benzene ring substituents is 1. The Kier molecular flexibility index (Phi) is 10.1. The Bertz CT molecular complexity index is 1330. The molecule has 0 saturated carbocycles. The summed E-state index contributed by atoms with van der Waals surface area (Å²) in [6.45, 7) is 5.92. The smallest absolute Gasteiger partial charge is 0.410 e. The minimum absolute atomic E-state index is 0.101. The molecule has 2 fully saturated rings. The van der Waals surface area contributed by atoms with Crippen LogP contribution < -0.4 is 10.2 Å². The summed E-state index contributed by atoms with van der Waals surface area (Å²) in [6, 6.07) is 8.87. The molecule has 234 valence electrons. The molecule has 2 saturated heterocycles. The summed E-state index contributed by atoms with van der Waals surface area (Å²) < 4.78 is 40.1. The van der Waals surface area contributed by atoms with Crippen molar-refractivity contribution in [2.75, 3.05) is 43.0 Å². The van der Waals surface area contributed by atoms with Gasteiger partial charge in [0.1, 0.15) is 22.7 Å². The molecular weight excluding hydrogens is 588 g/mol. The molecule has 1 aromatic carbocycles. The number of nitro benzene ring substituents is 1. The number of hydrogen-bond donors (Lipinski definition) is 1. The number of likely N-dealkylation sites (tertiary alicyclic amines) is 1. The first-order valence-electron chi connectivity index (χ1n) is 14.2. The van der Waals surface area contributed by atoms with E-state index in [0.717, 1.165) is 0 Å². The van der Waals surface area contributed by atoms with Crippen molar-refractivity contribution in [3.63, 3.8) is 0 Å². The van der Waals surface area contributed by atoms with Crippen LogP contribution in [0.1, 0.15) is 56.8 Å². The lowest BCUT2D eigenvalue weighted by Gasteiger charge is -2.39. The monoisotopic (exact) mass is 623 g/mol. The van der Waals surface area contributed by atoms with Crippen LogP contribution in [0.15, 0.2) is 36.4 Å². The van der Waals surface area contributed by atoms with Gasteiger partial charge in [-0.3, -0.25) is 14.9 Å². The lowest BCUT2D eigenvalue weighted by molar-refractivity contribution is -0.384. The van der Waals surface area contributed by atoms with Gasteiger partial charge in [0, 0.05) is 44.8 Å². The van der Waals surface area contributed by atoms with Crippen molar-refractivity contribution in [1.29, 1.82) is 0 Å². The summed E-state index contributed by atoms with van der Waals surface area (Å²) in [5.74, 6) is -3.12. The van der Waals surface area contributed by atoms with Gasteiger partial charge in [-0.05, 0) is 64.2 Å². The Morgan fingerprint density at radius 3 is 2.56 bits per heavy atom. The van der Waals surface area contributed by atoms with Gasteiger partial charge < -0.3 is 24.6 Å². The molecule has 11 nitrogen and oxygen atoms in total. The maximum atomic E-state index is 14.6. The molecule has 0 aliphatic carbocycles. The van der Waals surface area contributed by atoms with Gasteiger partial charge in [0.05, 0.1) is 22.7 Å². The Balaban J connectivity index is 1.34. The lowest BCUT2D eigenvalue weighted by Crippen LogP contribution is -2.54. The van der Waals surface area contributed by atoms with Gasteiger partial charge in [-0.25, -0.2) is 18.6 Å². The average Bonchev–Trinajstić information content (AvgIpc) is 2.93. The second kappa shape index (κ2) is 13.4. The Labute approximate surface area is 253 Å². The van der Waals surface area contributed by atoms with E-state index in [9.17, 15) is 28.5 Å². The molecule has 4 rings (SSSR count). The molecule has 0 bridgehead atoms. The number of pyridine rings is 1. The highest BCUT2D eigenvalue weighted by molar-refractivity contribution is 6.29. The number of nitrogens with zero attached hydrogens (tertiary/aromatic N) is 4. The van der Waals surface area contributed by atoms with E-state index in [-0.39, 0.29) is 47.8 Å². The van der Waals surface area contributed by atoms with E-state index in [4.69, 9.17) is 21.1 Å². The average molecular weight is 624 g/mol. The first-order chi connectivity index (χ1) is 20.2. The van der Waals surface area contributed by atoms with Crippen molar-refractivity contribution in [2.45, 2.75) is 64.1 Å². The molecule has 1 unspecified atom stereocenters. The number of aromatic nitrogens is 1. The van der Waals surface area contributed by atoms with Crippen LogP contribution in [0.2, 0.25) is 5.15 Å². The van der Waals surface area contributed by atoms with Crippen molar-refractivity contribution in [2.24, 2.45) is 5.92 Å². The number of halogens is 3. The van der Waals surface area contributed by atoms with E-state index in [1.165, 1.54) is 23.1 Å². The molecule has 0 radical (unpaired) electrons. The number of nitrogens with one attached hydrogen (secondary N) is 1. The topological polar surface area (TPSA) is 127 Å². The molecule has 2 aliphatic rings. The number of amides is 2. The van der Waals surface area contributed by atoms with Crippen LogP contribution in [-0.2, 0) is 9.47 Å². The number of anilines is 2. The van der Waals surface area contributed by atoms with Crippen LogP contribution >= 0.6 is 11.6 Å². The zero-order chi connectivity index (χ0) is 31.4. The summed E-state index contributed by atoms with van der Waals surface area (Å²) in [4.78, 5) is 43.7. The molecule has 1 aromatic heterocycles. The van der Waals surface area contributed by atoms with Crippen molar-refractivity contribution < 1.29 is 32.8 Å². The molecule has 0 spiro atoms. The Morgan fingerprint density at radius 1 is 1.19 bits per heavy atom. The predicted molar refractivity (Wildman–Crippen MR) is 157 cm³/mol. The number of alkyl halides is 2. The van der Waals surface area contributed by atoms with Gasteiger partial charge in [0.15, 0.2) is 0 Å². The number of carbonyl (C=O) groups excluding carboxylic acids is 2. The van der Waals surface area contributed by atoms with E-state index < -0.39 is 41.0 Å². The van der Waals surface area contributed by atoms with Gasteiger partial charge in [0.25, 0.3) is 17.5 Å². The molecule has 14 heteroatoms. The van der Waals surface area contributed by atoms with Crippen molar-refractivity contribution in [3.8, 4) is 0 Å². The van der Waals surface area contributed by atoms with E-state index in [1.54, 1.807) is 39.0 Å². The number of benzene rings is 1. The van der Waals surface area contributed by atoms with Gasteiger partial charge in [-0.2, -0.15) is 0 Å². The SMILES string of the molecule is CC(C)(C)OC(=O)N1CCC(F)(F)C(OCCC2CCN(c3cc([N+](=O)[O-])ccc3C(=O)Nc3cccc(Cl)n3)CC2)C1. The van der Waals surface area contributed by atoms with Crippen LogP contribution in [0.4, 0.5) is 30.8 Å². The highest BCUT2D eigenvalue weighted by atomic mass is 35.5. The number of nitro groups is 1. The van der Waals surface area contributed by atoms with E-state index >= 15 is 0 Å². The van der Waals surface area contributed by atoms with Crippen LogP contribution in [0, 0.1) is 16.0 Å². The number of carbonyl (C=O) groups is 2. The van der Waals surface area contributed by atoms with E-state index in [2.05, 4.69) is 10.3 Å². The van der Waals surface area contributed by atoms with Crippen LogP contribution in [0.25, 0.3) is 0 Å². The van der Waals surface area contributed by atoms with Crippen LogP contribution in [-0.4, -0.2) is 77.2 Å². The zero-order valence-corrected chi connectivity index (χ0v) is 25.1. The third-order valence-electron chi connectivity index (χ3n) is 7.42. The highest BCUT2D eigenvalue weighted by Crippen LogP contribution is 2.34. The van der Waals surface area contributed by atoms with Crippen molar-refractivity contribution in [1.82, 2.24) is 9.88 Å². The van der Waals surface area contributed by atoms with Gasteiger partial charge in [-0.1, -0.05) is 17.7 Å². The van der Waals surface area contributed by atoms with Crippen molar-refractivity contribution in [3.05, 3.63) is 57.2 Å². The maximum absolute atomic E-state index is 14.6. The van der Waals surface area contributed by atoms with Gasteiger partial charge >= 0.3 is 6.09 Å². The number of rotatable bonds is 8. The normalized spacial score (nSPS) is 19.2. The quantitative estimate of drug-likeness (QED) is 0.210. The predicted octanol–water partition coefficient (Wildman–Crippen LogP) is 6.16. The first-order valence-corrected chi connectivity index (χ1v) is 14.5. The molecule has 2 aliphatic heterocycles. The second-order valence-electron chi connectivity index (χ2n) is 11.8. The van der Waals surface area contributed by atoms with E-state index in [0.29, 0.717) is 38.0 Å². The highest BCUT2D eigenvalue weighted by Gasteiger charge is 2.46. The Hall–Kier alpha value is -3.58. The molecule has 1 atom stereocenters.